The van der Waals surface area contributed by atoms with Gasteiger partial charge in [0.25, 0.3) is 5.56 Å². The second-order valence-electron chi connectivity index (χ2n) is 6.30. The Hall–Kier alpha value is -3.20. The molecule has 0 aliphatic carbocycles. The van der Waals surface area contributed by atoms with Crippen LogP contribution in [-0.2, 0) is 11.3 Å². The van der Waals surface area contributed by atoms with E-state index in [2.05, 4.69) is 15.4 Å². The molecule has 8 nitrogen and oxygen atoms in total. The molecule has 0 radical (unpaired) electrons. The molecule has 29 heavy (non-hydrogen) atoms. The number of aromatic nitrogens is 3. The number of benzene rings is 1. The Morgan fingerprint density at radius 2 is 1.97 bits per heavy atom. The van der Waals surface area contributed by atoms with Crippen molar-refractivity contribution in [2.45, 2.75) is 26.3 Å². The van der Waals surface area contributed by atoms with Crippen LogP contribution in [0.4, 0.5) is 5.13 Å². The number of nitrogens with one attached hydrogen (secondary N) is 1. The average molecular weight is 414 g/mol. The fourth-order valence-corrected chi connectivity index (χ4v) is 3.45. The molecule has 2 heterocycles. The molecule has 3 rings (SSSR count). The highest BCUT2D eigenvalue weighted by molar-refractivity contribution is 7.13. The monoisotopic (exact) mass is 414 g/mol. The van der Waals surface area contributed by atoms with Gasteiger partial charge in [-0.05, 0) is 37.6 Å². The zero-order chi connectivity index (χ0) is 20.8. The predicted octanol–water partition coefficient (Wildman–Crippen LogP) is 3.11. The molecular weight excluding hydrogens is 392 g/mol. The maximum Gasteiger partial charge on any atom is 0.266 e. The summed E-state index contributed by atoms with van der Waals surface area (Å²) in [5, 5.41) is 9.64. The van der Waals surface area contributed by atoms with Gasteiger partial charge in [-0.1, -0.05) is 0 Å². The summed E-state index contributed by atoms with van der Waals surface area (Å²) in [6.45, 7) is 2.21. The third-order valence-electron chi connectivity index (χ3n) is 4.19. The third kappa shape index (κ3) is 5.20. The highest BCUT2D eigenvalue weighted by Gasteiger charge is 2.10. The molecule has 0 aliphatic heterocycles. The van der Waals surface area contributed by atoms with Crippen LogP contribution in [0.1, 0.15) is 18.5 Å². The van der Waals surface area contributed by atoms with Crippen LogP contribution >= 0.6 is 11.3 Å². The largest absolute Gasteiger partial charge is 0.493 e. The van der Waals surface area contributed by atoms with E-state index in [0.29, 0.717) is 35.3 Å². The summed E-state index contributed by atoms with van der Waals surface area (Å²) in [5.74, 6) is 1.06. The lowest BCUT2D eigenvalue weighted by Crippen LogP contribution is -2.23. The zero-order valence-electron chi connectivity index (χ0n) is 16.5. The van der Waals surface area contributed by atoms with Crippen molar-refractivity contribution in [3.63, 3.8) is 0 Å². The Morgan fingerprint density at radius 1 is 1.17 bits per heavy atom. The minimum absolute atomic E-state index is 0.136. The molecule has 0 atom stereocenters. The lowest BCUT2D eigenvalue weighted by Gasteiger charge is -2.10. The van der Waals surface area contributed by atoms with E-state index in [9.17, 15) is 9.59 Å². The lowest BCUT2D eigenvalue weighted by molar-refractivity contribution is -0.116. The van der Waals surface area contributed by atoms with E-state index < -0.39 is 0 Å². The van der Waals surface area contributed by atoms with Gasteiger partial charge in [0, 0.05) is 30.0 Å². The quantitative estimate of drug-likeness (QED) is 0.609. The molecular formula is C20H22N4O4S. The summed E-state index contributed by atoms with van der Waals surface area (Å²) in [7, 11) is 3.13. The van der Waals surface area contributed by atoms with Gasteiger partial charge in [-0.15, -0.1) is 11.3 Å². The smallest absolute Gasteiger partial charge is 0.266 e. The summed E-state index contributed by atoms with van der Waals surface area (Å²) in [6.07, 6.45) is 0.756. The van der Waals surface area contributed by atoms with Crippen LogP contribution in [0.25, 0.3) is 11.3 Å². The van der Waals surface area contributed by atoms with Crippen LogP contribution in [0.2, 0.25) is 0 Å². The van der Waals surface area contributed by atoms with Crippen molar-refractivity contribution in [1.29, 1.82) is 0 Å². The number of rotatable bonds is 8. The SMILES string of the molecule is COc1ccc(-c2ccc(=O)n(CCCC(=O)Nc3nc(C)cs3)n2)cc1OC. The first-order valence-electron chi connectivity index (χ1n) is 9.02. The average Bonchev–Trinajstić information content (AvgIpc) is 3.13. The normalized spacial score (nSPS) is 10.6. The summed E-state index contributed by atoms with van der Waals surface area (Å²) < 4.78 is 11.9. The first kappa shape index (κ1) is 20.5. The van der Waals surface area contributed by atoms with E-state index in [4.69, 9.17) is 9.47 Å². The van der Waals surface area contributed by atoms with Crippen LogP contribution in [-0.4, -0.2) is 34.9 Å². The van der Waals surface area contributed by atoms with Gasteiger partial charge >= 0.3 is 0 Å². The number of methoxy groups -OCH3 is 2. The Balaban J connectivity index is 1.66. The summed E-state index contributed by atoms with van der Waals surface area (Å²) in [5.41, 5.74) is 2.08. The molecule has 0 saturated heterocycles. The van der Waals surface area contributed by atoms with E-state index in [1.54, 1.807) is 32.4 Å². The number of hydrogen-bond donors (Lipinski definition) is 1. The van der Waals surface area contributed by atoms with Gasteiger partial charge in [-0.25, -0.2) is 9.67 Å². The fourth-order valence-electron chi connectivity index (χ4n) is 2.74. The predicted molar refractivity (Wildman–Crippen MR) is 112 cm³/mol. The summed E-state index contributed by atoms with van der Waals surface area (Å²) >= 11 is 1.39. The van der Waals surface area contributed by atoms with Crippen molar-refractivity contribution in [2.75, 3.05) is 19.5 Å². The Kier molecular flexibility index (Phi) is 6.61. The van der Waals surface area contributed by atoms with E-state index in [0.717, 1.165) is 11.3 Å². The number of ether oxygens (including phenoxy) is 2. The Morgan fingerprint density at radius 3 is 2.66 bits per heavy atom. The molecule has 1 aromatic carbocycles. The van der Waals surface area contributed by atoms with Crippen molar-refractivity contribution in [3.8, 4) is 22.8 Å². The molecule has 3 aromatic rings. The highest BCUT2D eigenvalue weighted by Crippen LogP contribution is 2.31. The first-order chi connectivity index (χ1) is 14.0. The van der Waals surface area contributed by atoms with E-state index in [-0.39, 0.29) is 17.9 Å². The molecule has 0 bridgehead atoms. The minimum Gasteiger partial charge on any atom is -0.493 e. The maximum absolute atomic E-state index is 12.1. The molecule has 2 aromatic heterocycles. The van der Waals surface area contributed by atoms with E-state index >= 15 is 0 Å². The molecule has 0 spiro atoms. The van der Waals surface area contributed by atoms with Gasteiger partial charge < -0.3 is 14.8 Å². The van der Waals surface area contributed by atoms with Crippen molar-refractivity contribution in [3.05, 3.63) is 51.8 Å². The molecule has 1 N–H and O–H groups in total. The fraction of sp³-hybridized carbons (Fsp3) is 0.300. The van der Waals surface area contributed by atoms with Crippen LogP contribution in [0, 0.1) is 6.92 Å². The second kappa shape index (κ2) is 9.33. The van der Waals surface area contributed by atoms with Crippen molar-refractivity contribution in [2.24, 2.45) is 0 Å². The molecule has 1 amide bonds. The van der Waals surface area contributed by atoms with E-state index in [1.165, 1.54) is 22.1 Å². The number of carbonyl (C=O) groups is 1. The van der Waals surface area contributed by atoms with Crippen LogP contribution in [0.5, 0.6) is 11.5 Å². The Bertz CT molecular complexity index is 1060. The van der Waals surface area contributed by atoms with Gasteiger partial charge in [0.1, 0.15) is 0 Å². The first-order valence-corrected chi connectivity index (χ1v) is 9.90. The number of aryl methyl sites for hydroxylation is 2. The van der Waals surface area contributed by atoms with Gasteiger partial charge in [-0.3, -0.25) is 9.59 Å². The molecule has 0 fully saturated rings. The minimum atomic E-state index is -0.217. The number of nitrogens with zero attached hydrogens (tertiary/aromatic N) is 3. The van der Waals surface area contributed by atoms with Crippen LogP contribution < -0.4 is 20.3 Å². The summed E-state index contributed by atoms with van der Waals surface area (Å²) in [4.78, 5) is 28.4. The zero-order valence-corrected chi connectivity index (χ0v) is 17.3. The third-order valence-corrected chi connectivity index (χ3v) is 5.06. The number of hydrogen-bond acceptors (Lipinski definition) is 7. The lowest BCUT2D eigenvalue weighted by atomic mass is 10.1. The van der Waals surface area contributed by atoms with Gasteiger partial charge in [0.05, 0.1) is 25.6 Å². The molecule has 0 saturated carbocycles. The number of anilines is 1. The van der Waals surface area contributed by atoms with Crippen molar-refractivity contribution in [1.82, 2.24) is 14.8 Å². The van der Waals surface area contributed by atoms with E-state index in [1.807, 2.05) is 18.4 Å². The standard InChI is InChI=1S/C20H22N4O4S/c1-13-12-29-20(21-13)22-18(25)5-4-10-24-19(26)9-7-15(23-24)14-6-8-16(27-2)17(11-14)28-3/h6-9,11-12H,4-5,10H2,1-3H3,(H,21,22,25). The Labute approximate surface area is 172 Å². The molecule has 0 aliphatic rings. The van der Waals surface area contributed by atoms with Crippen LogP contribution in [0.15, 0.2) is 40.5 Å². The topological polar surface area (TPSA) is 95.3 Å². The molecule has 152 valence electrons. The number of carbonyl (C=O) groups excluding carboxylic acids is 1. The van der Waals surface area contributed by atoms with Gasteiger partial charge in [-0.2, -0.15) is 5.10 Å². The van der Waals surface area contributed by atoms with Gasteiger partial charge in [0.2, 0.25) is 5.91 Å². The molecule has 0 unspecified atom stereocenters. The summed E-state index contributed by atoms with van der Waals surface area (Å²) in [6, 6.07) is 8.58. The van der Waals surface area contributed by atoms with Crippen molar-refractivity contribution < 1.29 is 14.3 Å². The van der Waals surface area contributed by atoms with Crippen LogP contribution in [0.3, 0.4) is 0 Å². The maximum atomic E-state index is 12.1. The number of thiazole rings is 1. The molecule has 9 heteroatoms. The van der Waals surface area contributed by atoms with Gasteiger partial charge in [0.15, 0.2) is 16.6 Å². The highest BCUT2D eigenvalue weighted by atomic mass is 32.1. The second-order valence-corrected chi connectivity index (χ2v) is 7.15. The number of amides is 1. The van der Waals surface area contributed by atoms with Crippen molar-refractivity contribution >= 4 is 22.4 Å².